The molecule has 0 bridgehead atoms. The second-order valence-corrected chi connectivity index (χ2v) is 20.1. The Bertz CT molecular complexity index is 1490. The molecule has 3 unspecified atom stereocenters. The zero-order valence-corrected chi connectivity index (χ0v) is 31.2. The summed E-state index contributed by atoms with van der Waals surface area (Å²) in [5, 5.41) is 0.374. The molecule has 8 nitrogen and oxygen atoms in total. The van der Waals surface area contributed by atoms with E-state index in [4.69, 9.17) is 20.8 Å². The van der Waals surface area contributed by atoms with Gasteiger partial charge in [-0.25, -0.2) is 9.78 Å². The maximum atomic E-state index is 14.0. The van der Waals surface area contributed by atoms with Crippen LogP contribution in [0.25, 0.3) is 0 Å². The van der Waals surface area contributed by atoms with Gasteiger partial charge in [-0.15, -0.1) is 0 Å². The van der Waals surface area contributed by atoms with Gasteiger partial charge in [0.2, 0.25) is 0 Å². The Balaban J connectivity index is 1.61. The molecule has 1 saturated heterocycles. The zero-order valence-electron chi connectivity index (χ0n) is 29.4. The molecule has 0 N–H and O–H groups in total. The fourth-order valence-corrected chi connectivity index (χ4v) is 7.10. The Morgan fingerprint density at radius 3 is 2.26 bits per heavy atom. The lowest BCUT2D eigenvalue weighted by Gasteiger charge is -2.43. The molecule has 3 heterocycles. The lowest BCUT2D eigenvalue weighted by molar-refractivity contribution is -0.00244. The molecule has 254 valence electrons. The van der Waals surface area contributed by atoms with E-state index >= 15 is 0 Å². The van der Waals surface area contributed by atoms with Gasteiger partial charge in [-0.2, -0.15) is 0 Å². The van der Waals surface area contributed by atoms with Crippen molar-refractivity contribution < 1.29 is 18.8 Å². The second-order valence-electron chi connectivity index (χ2n) is 15.0. The topological polar surface area (TPSA) is 84.9 Å². The van der Waals surface area contributed by atoms with E-state index in [1.165, 1.54) is 0 Å². The molecule has 0 spiro atoms. The molecule has 0 saturated carbocycles. The second kappa shape index (κ2) is 14.9. The highest BCUT2D eigenvalue weighted by Crippen LogP contribution is 2.44. The van der Waals surface area contributed by atoms with Crippen LogP contribution in [0.2, 0.25) is 23.3 Å². The third-order valence-electron chi connectivity index (χ3n) is 9.24. The molecule has 1 aliphatic rings. The first-order chi connectivity index (χ1) is 22.0. The Kier molecular flexibility index (Phi) is 11.6. The van der Waals surface area contributed by atoms with Gasteiger partial charge in [0.15, 0.2) is 8.32 Å². The van der Waals surface area contributed by atoms with Crippen molar-refractivity contribution >= 4 is 31.9 Å². The van der Waals surface area contributed by atoms with Crippen molar-refractivity contribution in [2.75, 3.05) is 6.54 Å². The van der Waals surface area contributed by atoms with Gasteiger partial charge >= 0.3 is 6.09 Å². The fraction of sp³-hybridized carbons (Fsp3) is 0.514. The van der Waals surface area contributed by atoms with Gasteiger partial charge in [-0.1, -0.05) is 56.6 Å². The number of carbonyl (C=O) groups is 2. The van der Waals surface area contributed by atoms with Crippen molar-refractivity contribution in [1.29, 1.82) is 0 Å². The maximum absolute atomic E-state index is 14.0. The Labute approximate surface area is 287 Å². The summed E-state index contributed by atoms with van der Waals surface area (Å²) in [6, 6.07) is 15.0. The summed E-state index contributed by atoms with van der Waals surface area (Å²) in [5.74, 6) is -0.0265. The number of hydrogen-bond acceptors (Lipinski definition) is 6. The number of carbonyl (C=O) groups excluding carboxylic acids is 2. The number of amides is 2. The molecule has 2 amide bonds. The zero-order chi connectivity index (χ0) is 34.6. The van der Waals surface area contributed by atoms with E-state index in [-0.39, 0.29) is 29.1 Å². The van der Waals surface area contributed by atoms with Crippen molar-refractivity contribution in [1.82, 2.24) is 19.8 Å². The predicted molar refractivity (Wildman–Crippen MR) is 190 cm³/mol. The number of pyridine rings is 2. The van der Waals surface area contributed by atoms with Gasteiger partial charge in [-0.3, -0.25) is 14.7 Å². The smallest absolute Gasteiger partial charge is 0.410 e. The van der Waals surface area contributed by atoms with Gasteiger partial charge in [0.05, 0.1) is 12.1 Å². The molecule has 1 fully saturated rings. The third-order valence-corrected chi connectivity index (χ3v) is 13.9. The summed E-state index contributed by atoms with van der Waals surface area (Å²) in [6.45, 7) is 19.8. The minimum absolute atomic E-state index is 0.0265. The lowest BCUT2D eigenvalue weighted by Crippen LogP contribution is -2.50. The van der Waals surface area contributed by atoms with Gasteiger partial charge < -0.3 is 14.1 Å². The third kappa shape index (κ3) is 9.42. The number of aromatic nitrogens is 2. The molecule has 47 heavy (non-hydrogen) atoms. The normalized spacial score (nSPS) is 17.8. The number of hydrogen-bond donors (Lipinski definition) is 0. The van der Waals surface area contributed by atoms with E-state index in [9.17, 15) is 9.59 Å². The first kappa shape index (κ1) is 36.6. The predicted octanol–water partition coefficient (Wildman–Crippen LogP) is 8.87. The van der Waals surface area contributed by atoms with Crippen LogP contribution in [-0.2, 0) is 22.1 Å². The van der Waals surface area contributed by atoms with Gasteiger partial charge in [0.1, 0.15) is 10.8 Å². The average molecular weight is 679 g/mol. The summed E-state index contributed by atoms with van der Waals surface area (Å²) >= 11 is 6.19. The van der Waals surface area contributed by atoms with E-state index < -0.39 is 20.0 Å². The van der Waals surface area contributed by atoms with Crippen LogP contribution in [0.1, 0.15) is 94.5 Å². The van der Waals surface area contributed by atoms with Gasteiger partial charge in [0, 0.05) is 48.8 Å². The SMILES string of the molecule is CCN(Cc1cccnc1)C(=O)c1ccc(CC2CCC(C(O[Si](C)(C)C(C)(C)C)c3ccc(Cl)nc3)N2C(=O)OC(C)(C)C)cc1. The van der Waals surface area contributed by atoms with Crippen LogP contribution in [0.15, 0.2) is 67.1 Å². The Morgan fingerprint density at radius 1 is 1.00 bits per heavy atom. The van der Waals surface area contributed by atoms with Gasteiger partial charge in [0.25, 0.3) is 5.91 Å². The first-order valence-corrected chi connectivity index (χ1v) is 19.9. The van der Waals surface area contributed by atoms with Crippen molar-refractivity contribution in [2.45, 2.75) is 116 Å². The summed E-state index contributed by atoms with van der Waals surface area (Å²) in [4.78, 5) is 39.6. The monoisotopic (exact) mass is 678 g/mol. The molecule has 1 aliphatic heterocycles. The molecular weight excluding hydrogens is 628 g/mol. The van der Waals surface area contributed by atoms with E-state index in [1.807, 2.05) is 80.0 Å². The molecular formula is C37H51ClN4O4Si. The lowest BCUT2D eigenvalue weighted by atomic mass is 10.0. The van der Waals surface area contributed by atoms with E-state index in [2.05, 4.69) is 43.8 Å². The molecule has 4 rings (SSSR count). The Morgan fingerprint density at radius 2 is 1.70 bits per heavy atom. The summed E-state index contributed by atoms with van der Waals surface area (Å²) < 4.78 is 13.1. The van der Waals surface area contributed by atoms with Crippen molar-refractivity contribution in [3.8, 4) is 0 Å². The molecule has 10 heteroatoms. The largest absolute Gasteiger partial charge is 0.444 e. The highest BCUT2D eigenvalue weighted by Gasteiger charge is 2.47. The molecule has 0 radical (unpaired) electrons. The summed E-state index contributed by atoms with van der Waals surface area (Å²) in [7, 11) is -2.27. The van der Waals surface area contributed by atoms with Crippen molar-refractivity contribution in [2.24, 2.45) is 0 Å². The number of benzene rings is 1. The number of rotatable bonds is 10. The van der Waals surface area contributed by atoms with E-state index in [0.717, 1.165) is 29.5 Å². The molecule has 1 aromatic carbocycles. The van der Waals surface area contributed by atoms with Crippen LogP contribution in [0.4, 0.5) is 4.79 Å². The van der Waals surface area contributed by atoms with Crippen molar-refractivity contribution in [3.05, 3.63) is 94.5 Å². The molecule has 0 aliphatic carbocycles. The first-order valence-electron chi connectivity index (χ1n) is 16.6. The van der Waals surface area contributed by atoms with Gasteiger partial charge in [-0.05, 0) is 100 Å². The minimum atomic E-state index is -2.27. The van der Waals surface area contributed by atoms with Crippen LogP contribution in [0.3, 0.4) is 0 Å². The number of likely N-dealkylation sites (tertiary alicyclic amines) is 1. The van der Waals surface area contributed by atoms with Crippen LogP contribution >= 0.6 is 11.6 Å². The van der Waals surface area contributed by atoms with Crippen molar-refractivity contribution in [3.63, 3.8) is 0 Å². The van der Waals surface area contributed by atoms with E-state index in [0.29, 0.717) is 30.2 Å². The summed E-state index contributed by atoms with van der Waals surface area (Å²) in [6.07, 6.45) is 6.71. The number of ether oxygens (including phenoxy) is 1. The maximum Gasteiger partial charge on any atom is 0.410 e. The molecule has 2 aromatic heterocycles. The average Bonchev–Trinajstić information content (AvgIpc) is 3.41. The minimum Gasteiger partial charge on any atom is -0.444 e. The number of halogens is 1. The standard InChI is InChI=1S/C37H51ClN4O4Si/c1-10-41(25-27-12-11-21-39-23-27)34(43)28-15-13-26(14-16-28)22-30-18-19-31(42(30)35(44)45-36(2,3)4)33(29-17-20-32(38)40-24-29)46-47(8,9)37(5,6)7/h11-17,20-21,23-24,30-31,33H,10,18-19,22,25H2,1-9H3. The van der Waals surface area contributed by atoms with E-state index in [1.54, 1.807) is 24.7 Å². The van der Waals surface area contributed by atoms with Crippen LogP contribution in [0, 0.1) is 0 Å². The molecule has 3 aromatic rings. The van der Waals surface area contributed by atoms with Crippen LogP contribution in [0.5, 0.6) is 0 Å². The summed E-state index contributed by atoms with van der Waals surface area (Å²) in [5.41, 5.74) is 2.91. The highest BCUT2D eigenvalue weighted by atomic mass is 35.5. The van der Waals surface area contributed by atoms with Crippen LogP contribution < -0.4 is 0 Å². The highest BCUT2D eigenvalue weighted by molar-refractivity contribution is 6.74. The molecule has 3 atom stereocenters. The Hall–Kier alpha value is -3.27. The quantitative estimate of drug-likeness (QED) is 0.157. The van der Waals surface area contributed by atoms with Crippen LogP contribution in [-0.4, -0.2) is 64.3 Å². The fourth-order valence-electron chi connectivity index (χ4n) is 5.70. The number of nitrogens with zero attached hydrogens (tertiary/aromatic N) is 4.